The fraction of sp³-hybridized carbons (Fsp3) is 0.714. The number of hydrogen-bond acceptors (Lipinski definition) is 3. The van der Waals surface area contributed by atoms with Crippen molar-refractivity contribution in [1.82, 2.24) is 14.8 Å². The first-order valence-corrected chi connectivity index (χ1v) is 6.74. The Morgan fingerprint density at radius 1 is 1.50 bits per heavy atom. The van der Waals surface area contributed by atoms with E-state index in [1.165, 1.54) is 5.57 Å². The van der Waals surface area contributed by atoms with Gasteiger partial charge in [0.25, 0.3) is 0 Å². The third-order valence-electron chi connectivity index (χ3n) is 3.41. The molecule has 0 bridgehead atoms. The Kier molecular flexibility index (Phi) is 3.85. The normalized spacial score (nSPS) is 22.9. The van der Waals surface area contributed by atoms with E-state index >= 15 is 0 Å². The summed E-state index contributed by atoms with van der Waals surface area (Å²) >= 11 is 0. The lowest BCUT2D eigenvalue weighted by atomic mass is 9.75. The van der Waals surface area contributed by atoms with Gasteiger partial charge in [-0.25, -0.2) is 9.67 Å². The number of aliphatic hydroxyl groups is 1. The molecule has 1 unspecified atom stereocenters. The SMILES string of the molecule is CCCn1ncnc1CC1=CC(O)CC(C)(C)C1. The van der Waals surface area contributed by atoms with E-state index in [2.05, 4.69) is 30.9 Å². The Morgan fingerprint density at radius 2 is 2.28 bits per heavy atom. The molecule has 0 aliphatic heterocycles. The van der Waals surface area contributed by atoms with Gasteiger partial charge in [0.2, 0.25) is 0 Å². The summed E-state index contributed by atoms with van der Waals surface area (Å²) in [7, 11) is 0. The zero-order chi connectivity index (χ0) is 13.2. The highest BCUT2D eigenvalue weighted by Gasteiger charge is 2.28. The van der Waals surface area contributed by atoms with Crippen molar-refractivity contribution >= 4 is 0 Å². The average Bonchev–Trinajstić information content (AvgIpc) is 2.63. The molecule has 0 spiro atoms. The lowest BCUT2D eigenvalue weighted by Crippen LogP contribution is -2.26. The molecule has 2 rings (SSSR count). The van der Waals surface area contributed by atoms with E-state index in [9.17, 15) is 5.11 Å². The molecule has 1 N–H and O–H groups in total. The van der Waals surface area contributed by atoms with Crippen molar-refractivity contribution in [3.63, 3.8) is 0 Å². The maximum Gasteiger partial charge on any atom is 0.138 e. The zero-order valence-electron chi connectivity index (χ0n) is 11.6. The van der Waals surface area contributed by atoms with Crippen molar-refractivity contribution < 1.29 is 5.11 Å². The second-order valence-corrected chi connectivity index (χ2v) is 6.01. The number of rotatable bonds is 4. The molecule has 1 aromatic heterocycles. The molecule has 1 aliphatic carbocycles. The van der Waals surface area contributed by atoms with Crippen molar-refractivity contribution in [2.75, 3.05) is 0 Å². The van der Waals surface area contributed by atoms with Crippen LogP contribution in [0.5, 0.6) is 0 Å². The van der Waals surface area contributed by atoms with Gasteiger partial charge in [0.05, 0.1) is 6.10 Å². The van der Waals surface area contributed by atoms with E-state index in [1.807, 2.05) is 10.8 Å². The van der Waals surface area contributed by atoms with Gasteiger partial charge in [-0.2, -0.15) is 5.10 Å². The maximum absolute atomic E-state index is 9.90. The quantitative estimate of drug-likeness (QED) is 0.833. The molecular weight excluding hydrogens is 226 g/mol. The first kappa shape index (κ1) is 13.3. The number of aliphatic hydroxyl groups excluding tert-OH is 1. The van der Waals surface area contributed by atoms with Crippen LogP contribution in [-0.2, 0) is 13.0 Å². The first-order chi connectivity index (χ1) is 8.50. The molecule has 1 atom stereocenters. The molecule has 0 amide bonds. The summed E-state index contributed by atoms with van der Waals surface area (Å²) in [5, 5.41) is 14.1. The Morgan fingerprint density at radius 3 is 2.94 bits per heavy atom. The molecule has 0 fully saturated rings. The first-order valence-electron chi connectivity index (χ1n) is 6.74. The lowest BCUT2D eigenvalue weighted by Gasteiger charge is -2.32. The van der Waals surface area contributed by atoms with Crippen molar-refractivity contribution in [2.24, 2.45) is 5.41 Å². The number of aryl methyl sites for hydroxylation is 1. The summed E-state index contributed by atoms with van der Waals surface area (Å²) in [6.07, 6.45) is 7.04. The largest absolute Gasteiger partial charge is 0.389 e. The highest BCUT2D eigenvalue weighted by Crippen LogP contribution is 2.36. The summed E-state index contributed by atoms with van der Waals surface area (Å²) in [6, 6.07) is 0. The van der Waals surface area contributed by atoms with Gasteiger partial charge in [0.15, 0.2) is 0 Å². The second kappa shape index (κ2) is 5.22. The lowest BCUT2D eigenvalue weighted by molar-refractivity contribution is 0.138. The van der Waals surface area contributed by atoms with Crippen LogP contribution >= 0.6 is 0 Å². The van der Waals surface area contributed by atoms with Crippen LogP contribution in [-0.4, -0.2) is 26.0 Å². The monoisotopic (exact) mass is 249 g/mol. The molecule has 0 radical (unpaired) electrons. The number of hydrogen-bond donors (Lipinski definition) is 1. The van der Waals surface area contributed by atoms with Gasteiger partial charge in [-0.15, -0.1) is 0 Å². The van der Waals surface area contributed by atoms with Crippen LogP contribution in [0.4, 0.5) is 0 Å². The summed E-state index contributed by atoms with van der Waals surface area (Å²) in [4.78, 5) is 4.33. The summed E-state index contributed by atoms with van der Waals surface area (Å²) in [5.74, 6) is 1.01. The van der Waals surface area contributed by atoms with Gasteiger partial charge in [-0.05, 0) is 24.7 Å². The number of allylic oxidation sites excluding steroid dienone is 1. The molecule has 0 saturated carbocycles. The minimum atomic E-state index is -0.314. The molecule has 0 saturated heterocycles. The average molecular weight is 249 g/mol. The molecule has 0 aromatic carbocycles. The van der Waals surface area contributed by atoms with Crippen LogP contribution in [0.3, 0.4) is 0 Å². The van der Waals surface area contributed by atoms with Crippen LogP contribution < -0.4 is 0 Å². The Hall–Kier alpha value is -1.16. The van der Waals surface area contributed by atoms with Gasteiger partial charge in [-0.3, -0.25) is 0 Å². The van der Waals surface area contributed by atoms with E-state index in [0.29, 0.717) is 0 Å². The van der Waals surface area contributed by atoms with E-state index in [4.69, 9.17) is 0 Å². The molecular formula is C14H23N3O. The topological polar surface area (TPSA) is 50.9 Å². The molecule has 18 heavy (non-hydrogen) atoms. The van der Waals surface area contributed by atoms with Crippen LogP contribution in [0, 0.1) is 5.41 Å². The van der Waals surface area contributed by atoms with Gasteiger partial charge in [0, 0.05) is 13.0 Å². The smallest absolute Gasteiger partial charge is 0.138 e. The Labute approximate surface area is 109 Å². The highest BCUT2D eigenvalue weighted by atomic mass is 16.3. The van der Waals surface area contributed by atoms with Crippen molar-refractivity contribution in [3.05, 3.63) is 23.8 Å². The standard InChI is InChI=1S/C14H23N3O/c1-4-5-17-13(15-10-16-17)7-11-6-12(18)9-14(2,3)8-11/h6,10,12,18H,4-5,7-9H2,1-3H3. The van der Waals surface area contributed by atoms with Crippen molar-refractivity contribution in [3.8, 4) is 0 Å². The fourth-order valence-corrected chi connectivity index (χ4v) is 2.79. The minimum absolute atomic E-state index is 0.180. The van der Waals surface area contributed by atoms with E-state index in [1.54, 1.807) is 6.33 Å². The summed E-state index contributed by atoms with van der Waals surface area (Å²) < 4.78 is 1.97. The minimum Gasteiger partial charge on any atom is -0.389 e. The summed E-state index contributed by atoms with van der Waals surface area (Å²) in [5.41, 5.74) is 1.46. The predicted molar refractivity (Wildman–Crippen MR) is 71.1 cm³/mol. The Balaban J connectivity index is 2.11. The highest BCUT2D eigenvalue weighted by molar-refractivity contribution is 5.17. The predicted octanol–water partition coefficient (Wildman–Crippen LogP) is 2.34. The van der Waals surface area contributed by atoms with Crippen LogP contribution in [0.15, 0.2) is 18.0 Å². The fourth-order valence-electron chi connectivity index (χ4n) is 2.79. The third kappa shape index (κ3) is 3.19. The molecule has 1 heterocycles. The van der Waals surface area contributed by atoms with Crippen molar-refractivity contribution in [2.45, 2.75) is 59.1 Å². The molecule has 4 nitrogen and oxygen atoms in total. The van der Waals surface area contributed by atoms with Crippen LogP contribution in [0.25, 0.3) is 0 Å². The third-order valence-corrected chi connectivity index (χ3v) is 3.41. The maximum atomic E-state index is 9.90. The summed E-state index contributed by atoms with van der Waals surface area (Å²) in [6.45, 7) is 7.47. The van der Waals surface area contributed by atoms with Crippen LogP contribution in [0.2, 0.25) is 0 Å². The second-order valence-electron chi connectivity index (χ2n) is 6.01. The van der Waals surface area contributed by atoms with E-state index in [-0.39, 0.29) is 11.5 Å². The van der Waals surface area contributed by atoms with E-state index < -0.39 is 0 Å². The molecule has 1 aromatic rings. The molecule has 4 heteroatoms. The van der Waals surface area contributed by atoms with Crippen molar-refractivity contribution in [1.29, 1.82) is 0 Å². The van der Waals surface area contributed by atoms with Gasteiger partial charge >= 0.3 is 0 Å². The molecule has 1 aliphatic rings. The Bertz CT molecular complexity index is 434. The molecule has 100 valence electrons. The van der Waals surface area contributed by atoms with Gasteiger partial charge in [0.1, 0.15) is 12.2 Å². The van der Waals surface area contributed by atoms with Gasteiger partial charge < -0.3 is 5.11 Å². The zero-order valence-corrected chi connectivity index (χ0v) is 11.6. The van der Waals surface area contributed by atoms with Crippen LogP contribution in [0.1, 0.15) is 45.9 Å². The number of aromatic nitrogens is 3. The van der Waals surface area contributed by atoms with E-state index in [0.717, 1.165) is 38.1 Å². The number of nitrogens with zero attached hydrogens (tertiary/aromatic N) is 3. The van der Waals surface area contributed by atoms with Gasteiger partial charge in [-0.1, -0.05) is 32.4 Å².